The van der Waals surface area contributed by atoms with E-state index in [1.165, 1.54) is 28.2 Å². The molecule has 2 aromatic carbocycles. The van der Waals surface area contributed by atoms with Crippen LogP contribution in [0.3, 0.4) is 0 Å². The lowest BCUT2D eigenvalue weighted by atomic mass is 10.2. The van der Waals surface area contributed by atoms with Crippen LogP contribution in [0.4, 0.5) is 5.13 Å². The number of benzene rings is 2. The summed E-state index contributed by atoms with van der Waals surface area (Å²) in [7, 11) is 0. The van der Waals surface area contributed by atoms with E-state index in [9.17, 15) is 4.79 Å². The van der Waals surface area contributed by atoms with E-state index in [1.54, 1.807) is 11.8 Å². The highest BCUT2D eigenvalue weighted by Gasteiger charge is 2.18. The minimum absolute atomic E-state index is 0.257. The zero-order valence-electron chi connectivity index (χ0n) is 13.3. The molecule has 0 saturated heterocycles. The third kappa shape index (κ3) is 3.76. The number of anilines is 1. The van der Waals surface area contributed by atoms with Gasteiger partial charge in [0.15, 0.2) is 4.34 Å². The van der Waals surface area contributed by atoms with E-state index in [4.69, 9.17) is 11.6 Å². The Morgan fingerprint density at radius 3 is 2.62 bits per heavy atom. The second kappa shape index (κ2) is 7.75. The lowest BCUT2D eigenvalue weighted by Gasteiger charge is -1.98. The molecular formula is C18H12ClN3OS3. The normalized spacial score (nSPS) is 11.0. The van der Waals surface area contributed by atoms with Crippen LogP contribution in [-0.2, 0) is 5.75 Å². The fraction of sp³-hybridized carbons (Fsp3) is 0.0556. The molecule has 8 heteroatoms. The molecule has 0 saturated carbocycles. The van der Waals surface area contributed by atoms with Gasteiger partial charge in [0.25, 0.3) is 5.91 Å². The van der Waals surface area contributed by atoms with Gasteiger partial charge in [-0.2, -0.15) is 0 Å². The second-order valence-electron chi connectivity index (χ2n) is 5.34. The van der Waals surface area contributed by atoms with Crippen molar-refractivity contribution < 1.29 is 4.79 Å². The molecule has 0 unspecified atom stereocenters. The van der Waals surface area contributed by atoms with Gasteiger partial charge in [0, 0.05) is 15.8 Å². The first-order chi connectivity index (χ1) is 12.7. The number of aromatic nitrogens is 2. The lowest BCUT2D eigenvalue weighted by molar-refractivity contribution is 0.103. The third-order valence-electron chi connectivity index (χ3n) is 3.57. The van der Waals surface area contributed by atoms with Gasteiger partial charge in [-0.3, -0.25) is 10.1 Å². The van der Waals surface area contributed by atoms with E-state index in [1.807, 2.05) is 42.5 Å². The number of rotatable bonds is 5. The number of hydrogen-bond acceptors (Lipinski definition) is 6. The summed E-state index contributed by atoms with van der Waals surface area (Å²) in [5.41, 5.74) is 1.22. The Labute approximate surface area is 167 Å². The van der Waals surface area contributed by atoms with Crippen molar-refractivity contribution in [1.29, 1.82) is 0 Å². The van der Waals surface area contributed by atoms with Crippen molar-refractivity contribution in [3.05, 3.63) is 70.1 Å². The molecule has 26 heavy (non-hydrogen) atoms. The lowest BCUT2D eigenvalue weighted by Crippen LogP contribution is -2.10. The summed E-state index contributed by atoms with van der Waals surface area (Å²) in [6, 6.07) is 17.8. The number of carbonyl (C=O) groups is 1. The molecule has 0 radical (unpaired) electrons. The van der Waals surface area contributed by atoms with Gasteiger partial charge in [-0.1, -0.05) is 83.2 Å². The van der Waals surface area contributed by atoms with Crippen molar-refractivity contribution in [2.75, 3.05) is 5.32 Å². The molecule has 130 valence electrons. The van der Waals surface area contributed by atoms with E-state index in [0.717, 1.165) is 20.2 Å². The van der Waals surface area contributed by atoms with Gasteiger partial charge in [-0.15, -0.1) is 21.5 Å². The molecule has 4 rings (SSSR count). The van der Waals surface area contributed by atoms with Crippen molar-refractivity contribution in [3.63, 3.8) is 0 Å². The Hall–Kier alpha value is -1.93. The van der Waals surface area contributed by atoms with E-state index < -0.39 is 0 Å². The SMILES string of the molecule is O=C(Nc1nnc(SCc2ccccc2)s1)c1sc2ccccc2c1Cl. The van der Waals surface area contributed by atoms with E-state index >= 15 is 0 Å². The average Bonchev–Trinajstić information content (AvgIpc) is 3.25. The molecule has 0 spiro atoms. The van der Waals surface area contributed by atoms with Crippen LogP contribution in [-0.4, -0.2) is 16.1 Å². The molecule has 1 N–H and O–H groups in total. The first-order valence-electron chi connectivity index (χ1n) is 7.69. The molecule has 4 aromatic rings. The number of nitrogens with one attached hydrogen (secondary N) is 1. The van der Waals surface area contributed by atoms with Crippen molar-refractivity contribution in [1.82, 2.24) is 10.2 Å². The molecule has 4 nitrogen and oxygen atoms in total. The molecule has 2 aromatic heterocycles. The van der Waals surface area contributed by atoms with Crippen LogP contribution in [0.15, 0.2) is 58.9 Å². The Morgan fingerprint density at radius 2 is 1.81 bits per heavy atom. The van der Waals surface area contributed by atoms with Gasteiger partial charge < -0.3 is 0 Å². The maximum atomic E-state index is 12.5. The number of nitrogens with zero attached hydrogens (tertiary/aromatic N) is 2. The average molecular weight is 418 g/mol. The topological polar surface area (TPSA) is 54.9 Å². The van der Waals surface area contributed by atoms with Crippen molar-refractivity contribution in [2.24, 2.45) is 0 Å². The summed E-state index contributed by atoms with van der Waals surface area (Å²) >= 11 is 10.7. The molecule has 0 atom stereocenters. The summed E-state index contributed by atoms with van der Waals surface area (Å²) in [6.07, 6.45) is 0. The number of halogens is 1. The van der Waals surface area contributed by atoms with Crippen LogP contribution < -0.4 is 5.32 Å². The maximum Gasteiger partial charge on any atom is 0.269 e. The van der Waals surface area contributed by atoms with Crippen molar-refractivity contribution >= 4 is 67.2 Å². The highest BCUT2D eigenvalue weighted by atomic mass is 35.5. The number of carbonyl (C=O) groups excluding carboxylic acids is 1. The van der Waals surface area contributed by atoms with E-state index in [-0.39, 0.29) is 5.91 Å². The minimum atomic E-state index is -0.257. The molecule has 2 heterocycles. The van der Waals surface area contributed by atoms with Gasteiger partial charge in [0.05, 0.1) is 5.02 Å². The molecule has 1 amide bonds. The number of amides is 1. The highest BCUT2D eigenvalue weighted by molar-refractivity contribution is 8.00. The zero-order valence-corrected chi connectivity index (χ0v) is 16.5. The van der Waals surface area contributed by atoms with E-state index in [0.29, 0.717) is 15.0 Å². The standard InChI is InChI=1S/C18H12ClN3OS3/c19-14-12-8-4-5-9-13(12)25-15(14)16(23)20-17-21-22-18(26-17)24-10-11-6-2-1-3-7-11/h1-9H,10H2,(H,20,21,23). The monoisotopic (exact) mass is 417 g/mol. The summed E-state index contributed by atoms with van der Waals surface area (Å²) in [4.78, 5) is 13.0. The zero-order chi connectivity index (χ0) is 17.9. The van der Waals surface area contributed by atoms with Crippen LogP contribution in [0.1, 0.15) is 15.2 Å². The molecule has 0 aliphatic carbocycles. The third-order valence-corrected chi connectivity index (χ3v) is 7.29. The fourth-order valence-corrected chi connectivity index (χ4v) is 5.47. The molecule has 0 bridgehead atoms. The molecular weight excluding hydrogens is 406 g/mol. The Bertz CT molecular complexity index is 1060. The molecule has 0 fully saturated rings. The predicted octanol–water partition coefficient (Wildman–Crippen LogP) is 5.95. The predicted molar refractivity (Wildman–Crippen MR) is 111 cm³/mol. The van der Waals surface area contributed by atoms with E-state index in [2.05, 4.69) is 27.6 Å². The van der Waals surface area contributed by atoms with Crippen LogP contribution in [0.25, 0.3) is 10.1 Å². The van der Waals surface area contributed by atoms with Crippen LogP contribution in [0.5, 0.6) is 0 Å². The van der Waals surface area contributed by atoms with Crippen molar-refractivity contribution in [3.8, 4) is 0 Å². The number of thioether (sulfide) groups is 1. The quantitative estimate of drug-likeness (QED) is 0.322. The number of hydrogen-bond donors (Lipinski definition) is 1. The smallest absolute Gasteiger partial charge is 0.269 e. The molecule has 0 aliphatic rings. The Balaban J connectivity index is 1.44. The second-order valence-corrected chi connectivity index (χ2v) is 8.97. The number of thiophene rings is 1. The van der Waals surface area contributed by atoms with Crippen LogP contribution in [0, 0.1) is 0 Å². The van der Waals surface area contributed by atoms with Gasteiger partial charge in [-0.25, -0.2) is 0 Å². The van der Waals surface area contributed by atoms with Gasteiger partial charge in [-0.05, 0) is 11.6 Å². The largest absolute Gasteiger partial charge is 0.296 e. The Kier molecular flexibility index (Phi) is 5.21. The molecule has 0 aliphatic heterocycles. The van der Waals surface area contributed by atoms with Gasteiger partial charge in [0.1, 0.15) is 4.88 Å². The van der Waals surface area contributed by atoms with Crippen molar-refractivity contribution in [2.45, 2.75) is 10.1 Å². The summed E-state index contributed by atoms with van der Waals surface area (Å²) in [6.45, 7) is 0. The van der Waals surface area contributed by atoms with Crippen LogP contribution in [0.2, 0.25) is 5.02 Å². The first kappa shape index (κ1) is 17.5. The van der Waals surface area contributed by atoms with Crippen LogP contribution >= 0.6 is 46.0 Å². The minimum Gasteiger partial charge on any atom is -0.296 e. The highest BCUT2D eigenvalue weighted by Crippen LogP contribution is 2.36. The number of fused-ring (bicyclic) bond motifs is 1. The van der Waals surface area contributed by atoms with Gasteiger partial charge >= 0.3 is 0 Å². The maximum absolute atomic E-state index is 12.5. The first-order valence-corrected chi connectivity index (χ1v) is 10.7. The Morgan fingerprint density at radius 1 is 1.04 bits per heavy atom. The summed E-state index contributed by atoms with van der Waals surface area (Å²) in [5.74, 6) is 0.554. The van der Waals surface area contributed by atoms with Gasteiger partial charge in [0.2, 0.25) is 5.13 Å². The summed E-state index contributed by atoms with van der Waals surface area (Å²) in [5, 5.41) is 12.8. The fourth-order valence-electron chi connectivity index (χ4n) is 2.35. The summed E-state index contributed by atoms with van der Waals surface area (Å²) < 4.78 is 1.80.